The Morgan fingerprint density at radius 3 is 2.27 bits per heavy atom. The molecule has 1 aliphatic carbocycles. The molecule has 0 bridgehead atoms. The Kier molecular flexibility index (Phi) is 5.84. The number of hydrogen-bond acceptors (Lipinski definition) is 5. The van der Waals surface area contributed by atoms with Crippen molar-refractivity contribution in [2.45, 2.75) is 57.6 Å². The lowest BCUT2D eigenvalue weighted by Crippen LogP contribution is -2.54. The van der Waals surface area contributed by atoms with Gasteiger partial charge >= 0.3 is 6.09 Å². The number of amides is 2. The molecule has 1 saturated carbocycles. The molecule has 0 atom stereocenters. The van der Waals surface area contributed by atoms with E-state index in [-0.39, 0.29) is 18.1 Å². The molecule has 0 radical (unpaired) electrons. The molecule has 0 aliphatic heterocycles. The lowest BCUT2D eigenvalue weighted by molar-refractivity contribution is -0.384. The third-order valence-corrected chi connectivity index (χ3v) is 4.25. The fraction of sp³-hybridized carbons (Fsp3) is 0.556. The van der Waals surface area contributed by atoms with E-state index in [2.05, 4.69) is 10.6 Å². The van der Waals surface area contributed by atoms with E-state index in [1.54, 1.807) is 20.8 Å². The summed E-state index contributed by atoms with van der Waals surface area (Å²) >= 11 is 0. The number of carbonyl (C=O) groups excluding carboxylic acids is 2. The van der Waals surface area contributed by atoms with Gasteiger partial charge in [0.2, 0.25) is 0 Å². The van der Waals surface area contributed by atoms with Gasteiger partial charge in [0.25, 0.3) is 11.6 Å². The van der Waals surface area contributed by atoms with Crippen LogP contribution in [-0.2, 0) is 4.74 Å². The number of benzene rings is 1. The van der Waals surface area contributed by atoms with Gasteiger partial charge in [-0.2, -0.15) is 0 Å². The Hall–Kier alpha value is -2.64. The van der Waals surface area contributed by atoms with Crippen LogP contribution in [0, 0.1) is 10.1 Å². The van der Waals surface area contributed by atoms with E-state index in [4.69, 9.17) is 4.74 Å². The zero-order valence-electron chi connectivity index (χ0n) is 15.3. The van der Waals surface area contributed by atoms with Gasteiger partial charge in [0.15, 0.2) is 0 Å². The molecular weight excluding hydrogens is 338 g/mol. The molecule has 0 aromatic heterocycles. The molecule has 0 saturated heterocycles. The zero-order chi connectivity index (χ0) is 19.4. The van der Waals surface area contributed by atoms with Gasteiger partial charge in [0.05, 0.1) is 10.5 Å². The predicted octanol–water partition coefficient (Wildman–Crippen LogP) is 3.16. The number of nitrogens with one attached hydrogen (secondary N) is 2. The van der Waals surface area contributed by atoms with Crippen molar-refractivity contribution in [2.75, 3.05) is 6.54 Å². The largest absolute Gasteiger partial charge is 0.444 e. The summed E-state index contributed by atoms with van der Waals surface area (Å²) in [5.41, 5.74) is -0.840. The highest BCUT2D eigenvalue weighted by atomic mass is 16.6. The van der Waals surface area contributed by atoms with Crippen molar-refractivity contribution in [2.24, 2.45) is 0 Å². The first-order valence-corrected chi connectivity index (χ1v) is 8.64. The molecule has 0 unspecified atom stereocenters. The van der Waals surface area contributed by atoms with Gasteiger partial charge in [-0.3, -0.25) is 14.9 Å². The van der Waals surface area contributed by atoms with Crippen molar-refractivity contribution in [3.05, 3.63) is 39.9 Å². The SMILES string of the molecule is CC(C)(C)OC(=O)NCC1(NC(=O)c2ccc([N+](=O)[O-])cc2)CCCC1. The van der Waals surface area contributed by atoms with Crippen LogP contribution in [-0.4, -0.2) is 34.6 Å². The first-order chi connectivity index (χ1) is 12.1. The van der Waals surface area contributed by atoms with Crippen molar-refractivity contribution in [3.8, 4) is 0 Å². The van der Waals surface area contributed by atoms with Gasteiger partial charge in [-0.15, -0.1) is 0 Å². The Bertz CT molecular complexity index is 673. The number of nitrogens with zero attached hydrogens (tertiary/aromatic N) is 1. The maximum absolute atomic E-state index is 12.5. The number of hydrogen-bond donors (Lipinski definition) is 2. The molecule has 142 valence electrons. The van der Waals surface area contributed by atoms with E-state index in [0.29, 0.717) is 5.56 Å². The van der Waals surface area contributed by atoms with E-state index in [0.717, 1.165) is 25.7 Å². The lowest BCUT2D eigenvalue weighted by Gasteiger charge is -2.31. The maximum Gasteiger partial charge on any atom is 0.407 e. The first-order valence-electron chi connectivity index (χ1n) is 8.64. The summed E-state index contributed by atoms with van der Waals surface area (Å²) in [4.78, 5) is 34.6. The topological polar surface area (TPSA) is 111 Å². The highest BCUT2D eigenvalue weighted by molar-refractivity contribution is 5.95. The lowest BCUT2D eigenvalue weighted by atomic mass is 9.96. The van der Waals surface area contributed by atoms with E-state index in [9.17, 15) is 19.7 Å². The van der Waals surface area contributed by atoms with E-state index < -0.39 is 22.2 Å². The highest BCUT2D eigenvalue weighted by Crippen LogP contribution is 2.29. The van der Waals surface area contributed by atoms with Crippen molar-refractivity contribution in [1.82, 2.24) is 10.6 Å². The number of nitro benzene ring substituents is 1. The Labute approximate surface area is 152 Å². The molecule has 8 heteroatoms. The van der Waals surface area contributed by atoms with Crippen molar-refractivity contribution in [3.63, 3.8) is 0 Å². The van der Waals surface area contributed by atoms with Gasteiger partial charge in [0.1, 0.15) is 5.60 Å². The zero-order valence-corrected chi connectivity index (χ0v) is 15.3. The third kappa shape index (κ3) is 5.44. The molecule has 1 fully saturated rings. The normalized spacial score (nSPS) is 16.0. The molecular formula is C18H25N3O5. The molecule has 8 nitrogen and oxygen atoms in total. The van der Waals surface area contributed by atoms with Gasteiger partial charge < -0.3 is 15.4 Å². The number of nitro groups is 1. The molecule has 1 aromatic carbocycles. The van der Waals surface area contributed by atoms with Gasteiger partial charge in [-0.1, -0.05) is 12.8 Å². The van der Waals surface area contributed by atoms with Crippen LogP contribution in [0.15, 0.2) is 24.3 Å². The average molecular weight is 363 g/mol. The number of ether oxygens (including phenoxy) is 1. The van der Waals surface area contributed by atoms with Crippen molar-refractivity contribution >= 4 is 17.7 Å². The summed E-state index contributed by atoms with van der Waals surface area (Å²) in [7, 11) is 0. The van der Waals surface area contributed by atoms with E-state index in [1.807, 2.05) is 0 Å². The Morgan fingerprint density at radius 1 is 1.19 bits per heavy atom. The van der Waals surface area contributed by atoms with Gasteiger partial charge in [-0.05, 0) is 45.7 Å². The van der Waals surface area contributed by atoms with Crippen LogP contribution >= 0.6 is 0 Å². The van der Waals surface area contributed by atoms with Gasteiger partial charge in [0, 0.05) is 24.2 Å². The van der Waals surface area contributed by atoms with Crippen molar-refractivity contribution in [1.29, 1.82) is 0 Å². The first kappa shape index (κ1) is 19.7. The number of carbonyl (C=O) groups is 2. The minimum absolute atomic E-state index is 0.0660. The van der Waals surface area contributed by atoms with Crippen LogP contribution in [0.3, 0.4) is 0 Å². The summed E-state index contributed by atoms with van der Waals surface area (Å²) in [6.45, 7) is 5.64. The Morgan fingerprint density at radius 2 is 1.77 bits per heavy atom. The van der Waals surface area contributed by atoms with Crippen LogP contribution in [0.4, 0.5) is 10.5 Å². The molecule has 0 heterocycles. The van der Waals surface area contributed by atoms with Crippen LogP contribution in [0.5, 0.6) is 0 Å². The summed E-state index contributed by atoms with van der Waals surface area (Å²) in [5.74, 6) is -0.312. The monoisotopic (exact) mass is 363 g/mol. The number of non-ortho nitro benzene ring substituents is 1. The highest BCUT2D eigenvalue weighted by Gasteiger charge is 2.36. The summed E-state index contributed by atoms with van der Waals surface area (Å²) in [6.07, 6.45) is 2.89. The van der Waals surface area contributed by atoms with Crippen LogP contribution in [0.1, 0.15) is 56.8 Å². The maximum atomic E-state index is 12.5. The Balaban J connectivity index is 2.01. The van der Waals surface area contributed by atoms with Gasteiger partial charge in [-0.25, -0.2) is 4.79 Å². The van der Waals surface area contributed by atoms with Crippen molar-refractivity contribution < 1.29 is 19.2 Å². The second-order valence-electron chi connectivity index (χ2n) is 7.60. The van der Waals surface area contributed by atoms with Crippen LogP contribution in [0.2, 0.25) is 0 Å². The average Bonchev–Trinajstić information content (AvgIpc) is 3.00. The van der Waals surface area contributed by atoms with Crippen LogP contribution < -0.4 is 10.6 Å². The second-order valence-corrected chi connectivity index (χ2v) is 7.60. The summed E-state index contributed by atoms with van der Waals surface area (Å²) in [6, 6.07) is 5.46. The molecule has 26 heavy (non-hydrogen) atoms. The third-order valence-electron chi connectivity index (χ3n) is 4.25. The molecule has 2 N–H and O–H groups in total. The summed E-state index contributed by atoms with van der Waals surface area (Å²) in [5, 5.41) is 16.4. The smallest absolute Gasteiger partial charge is 0.407 e. The minimum Gasteiger partial charge on any atom is -0.444 e. The fourth-order valence-corrected chi connectivity index (χ4v) is 3.00. The quantitative estimate of drug-likeness (QED) is 0.617. The summed E-state index contributed by atoms with van der Waals surface area (Å²) < 4.78 is 5.24. The fourth-order valence-electron chi connectivity index (χ4n) is 3.00. The standard InChI is InChI=1S/C18H25N3O5/c1-17(2,3)26-16(23)19-12-18(10-4-5-11-18)20-15(22)13-6-8-14(9-7-13)21(24)25/h6-9H,4-5,10-12H2,1-3H3,(H,19,23)(H,20,22). The molecule has 2 amide bonds. The molecule has 1 aromatic rings. The number of rotatable bonds is 5. The molecule has 1 aliphatic rings. The van der Waals surface area contributed by atoms with E-state index >= 15 is 0 Å². The minimum atomic E-state index is -0.588. The predicted molar refractivity (Wildman–Crippen MR) is 96.0 cm³/mol. The van der Waals surface area contributed by atoms with E-state index in [1.165, 1.54) is 24.3 Å². The second kappa shape index (κ2) is 7.72. The van der Waals surface area contributed by atoms with Crippen LogP contribution in [0.25, 0.3) is 0 Å². The molecule has 2 rings (SSSR count). The molecule has 0 spiro atoms. The number of alkyl carbamates (subject to hydrolysis) is 1.